The summed E-state index contributed by atoms with van der Waals surface area (Å²) in [5.41, 5.74) is 0.908. The summed E-state index contributed by atoms with van der Waals surface area (Å²) in [6.07, 6.45) is 1.90. The van der Waals surface area contributed by atoms with E-state index in [1.54, 1.807) is 0 Å². The highest BCUT2D eigenvalue weighted by atomic mass is 16.4. The number of carbonyl (C=O) groups is 1. The summed E-state index contributed by atoms with van der Waals surface area (Å²) in [7, 11) is 0. The normalized spacial score (nSPS) is 19.1. The van der Waals surface area contributed by atoms with Crippen LogP contribution in [0.3, 0.4) is 0 Å². The molecule has 1 aromatic carbocycles. The van der Waals surface area contributed by atoms with Gasteiger partial charge < -0.3 is 9.32 Å². The van der Waals surface area contributed by atoms with Gasteiger partial charge in [0.05, 0.1) is 12.1 Å². The molecular formula is C19H26N4O2. The standard InChI is InChI=1S/C19H26N4O2/c1-4-22(5-2)19(24)16-12-9-13-23(16)14(3)17-20-21-18(25-17)15-10-7-6-8-11-15/h6-8,10-11,14,16H,4-5,9,12-13H2,1-3H3/t14-,16-/m1/s1. The van der Waals surface area contributed by atoms with Crippen LogP contribution in [0.4, 0.5) is 0 Å². The third-order valence-electron chi connectivity index (χ3n) is 4.97. The Balaban J connectivity index is 1.77. The van der Waals surface area contributed by atoms with Crippen molar-refractivity contribution in [2.24, 2.45) is 0 Å². The summed E-state index contributed by atoms with van der Waals surface area (Å²) in [5, 5.41) is 8.41. The van der Waals surface area contributed by atoms with Gasteiger partial charge in [0, 0.05) is 18.7 Å². The molecule has 2 heterocycles. The minimum Gasteiger partial charge on any atom is -0.419 e. The Bertz CT molecular complexity index is 696. The van der Waals surface area contributed by atoms with Gasteiger partial charge in [0.15, 0.2) is 0 Å². The van der Waals surface area contributed by atoms with E-state index in [0.29, 0.717) is 11.8 Å². The first kappa shape index (κ1) is 17.6. The van der Waals surface area contributed by atoms with Crippen LogP contribution in [0.1, 0.15) is 45.5 Å². The average Bonchev–Trinajstić information content (AvgIpc) is 3.32. The number of likely N-dealkylation sites (N-methyl/N-ethyl adjacent to an activating group) is 1. The molecule has 6 heteroatoms. The molecule has 6 nitrogen and oxygen atoms in total. The summed E-state index contributed by atoms with van der Waals surface area (Å²) in [5.74, 6) is 1.29. The Hall–Kier alpha value is -2.21. The number of benzene rings is 1. The van der Waals surface area contributed by atoms with Crippen molar-refractivity contribution in [3.63, 3.8) is 0 Å². The fourth-order valence-electron chi connectivity index (χ4n) is 3.51. The lowest BCUT2D eigenvalue weighted by molar-refractivity contribution is -0.136. The van der Waals surface area contributed by atoms with Crippen LogP contribution in [0, 0.1) is 0 Å². The molecule has 0 spiro atoms. The van der Waals surface area contributed by atoms with Crippen LogP contribution in [-0.4, -0.2) is 51.6 Å². The number of aromatic nitrogens is 2. The molecule has 0 aliphatic carbocycles. The van der Waals surface area contributed by atoms with Gasteiger partial charge in [0.1, 0.15) is 0 Å². The van der Waals surface area contributed by atoms with E-state index in [2.05, 4.69) is 15.1 Å². The number of nitrogens with zero attached hydrogens (tertiary/aromatic N) is 4. The van der Waals surface area contributed by atoms with E-state index in [1.165, 1.54) is 0 Å². The summed E-state index contributed by atoms with van der Waals surface area (Å²) in [6.45, 7) is 8.44. The maximum atomic E-state index is 12.8. The number of likely N-dealkylation sites (tertiary alicyclic amines) is 1. The fourth-order valence-corrected chi connectivity index (χ4v) is 3.51. The zero-order valence-electron chi connectivity index (χ0n) is 15.2. The molecular weight excluding hydrogens is 316 g/mol. The Morgan fingerprint density at radius 3 is 2.68 bits per heavy atom. The van der Waals surface area contributed by atoms with Crippen molar-refractivity contribution < 1.29 is 9.21 Å². The van der Waals surface area contributed by atoms with E-state index in [0.717, 1.165) is 38.0 Å². The van der Waals surface area contributed by atoms with E-state index in [1.807, 2.05) is 56.0 Å². The second-order valence-corrected chi connectivity index (χ2v) is 6.39. The monoisotopic (exact) mass is 342 g/mol. The van der Waals surface area contributed by atoms with Crippen molar-refractivity contribution in [1.29, 1.82) is 0 Å². The van der Waals surface area contributed by atoms with E-state index in [9.17, 15) is 4.79 Å². The number of hydrogen-bond acceptors (Lipinski definition) is 5. The van der Waals surface area contributed by atoms with E-state index >= 15 is 0 Å². The topological polar surface area (TPSA) is 62.5 Å². The predicted octanol–water partition coefficient (Wildman–Crippen LogP) is 3.13. The molecule has 1 aliphatic heterocycles. The van der Waals surface area contributed by atoms with Gasteiger partial charge in [-0.1, -0.05) is 18.2 Å². The number of hydrogen-bond donors (Lipinski definition) is 0. The first-order valence-corrected chi connectivity index (χ1v) is 9.09. The van der Waals surface area contributed by atoms with Gasteiger partial charge in [-0.15, -0.1) is 10.2 Å². The summed E-state index contributed by atoms with van der Waals surface area (Å²) >= 11 is 0. The molecule has 0 N–H and O–H groups in total. The highest BCUT2D eigenvalue weighted by Gasteiger charge is 2.37. The molecule has 0 unspecified atom stereocenters. The predicted molar refractivity (Wildman–Crippen MR) is 95.8 cm³/mol. The van der Waals surface area contributed by atoms with Crippen molar-refractivity contribution in [1.82, 2.24) is 20.0 Å². The molecule has 2 aromatic rings. The van der Waals surface area contributed by atoms with Crippen LogP contribution >= 0.6 is 0 Å². The second kappa shape index (κ2) is 7.78. The maximum Gasteiger partial charge on any atom is 0.247 e. The molecule has 0 radical (unpaired) electrons. The van der Waals surface area contributed by atoms with Crippen LogP contribution in [0.15, 0.2) is 34.7 Å². The van der Waals surface area contributed by atoms with Gasteiger partial charge in [0.25, 0.3) is 0 Å². The number of rotatable bonds is 6. The molecule has 0 saturated carbocycles. The minimum absolute atomic E-state index is 0.0722. The molecule has 1 aromatic heterocycles. The Kier molecular flexibility index (Phi) is 5.48. The molecule has 2 atom stereocenters. The molecule has 1 fully saturated rings. The molecule has 1 amide bonds. The maximum absolute atomic E-state index is 12.8. The number of carbonyl (C=O) groups excluding carboxylic acids is 1. The first-order chi connectivity index (χ1) is 12.2. The minimum atomic E-state index is -0.0954. The lowest BCUT2D eigenvalue weighted by Gasteiger charge is -2.31. The van der Waals surface area contributed by atoms with E-state index < -0.39 is 0 Å². The van der Waals surface area contributed by atoms with Crippen LogP contribution in [0.2, 0.25) is 0 Å². The third kappa shape index (κ3) is 3.58. The van der Waals surface area contributed by atoms with Crippen LogP contribution in [-0.2, 0) is 4.79 Å². The average molecular weight is 342 g/mol. The van der Waals surface area contributed by atoms with E-state index in [4.69, 9.17) is 4.42 Å². The molecule has 3 rings (SSSR count). The largest absolute Gasteiger partial charge is 0.419 e. The second-order valence-electron chi connectivity index (χ2n) is 6.39. The first-order valence-electron chi connectivity index (χ1n) is 9.09. The zero-order valence-corrected chi connectivity index (χ0v) is 15.2. The van der Waals surface area contributed by atoms with Crippen LogP contribution in [0.5, 0.6) is 0 Å². The van der Waals surface area contributed by atoms with Crippen molar-refractivity contribution in [3.8, 4) is 11.5 Å². The van der Waals surface area contributed by atoms with Crippen molar-refractivity contribution in [3.05, 3.63) is 36.2 Å². The molecule has 134 valence electrons. The molecule has 1 aliphatic rings. The Morgan fingerprint density at radius 1 is 1.28 bits per heavy atom. The van der Waals surface area contributed by atoms with Crippen LogP contribution < -0.4 is 0 Å². The summed E-state index contributed by atoms with van der Waals surface area (Å²) in [6, 6.07) is 9.58. The van der Waals surface area contributed by atoms with Gasteiger partial charge in [-0.25, -0.2) is 0 Å². The highest BCUT2D eigenvalue weighted by Crippen LogP contribution is 2.31. The van der Waals surface area contributed by atoms with Crippen molar-refractivity contribution in [2.45, 2.75) is 45.7 Å². The van der Waals surface area contributed by atoms with Gasteiger partial charge in [-0.3, -0.25) is 9.69 Å². The Labute approximate surface area is 148 Å². The highest BCUT2D eigenvalue weighted by molar-refractivity contribution is 5.82. The van der Waals surface area contributed by atoms with Crippen LogP contribution in [0.25, 0.3) is 11.5 Å². The quantitative estimate of drug-likeness (QED) is 0.807. The van der Waals surface area contributed by atoms with Gasteiger partial charge in [-0.2, -0.15) is 0 Å². The smallest absolute Gasteiger partial charge is 0.247 e. The fraction of sp³-hybridized carbons (Fsp3) is 0.526. The SMILES string of the molecule is CCN(CC)C(=O)[C@H]1CCCN1[C@H](C)c1nnc(-c2ccccc2)o1. The third-order valence-corrected chi connectivity index (χ3v) is 4.97. The Morgan fingerprint density at radius 2 is 2.00 bits per heavy atom. The van der Waals surface area contributed by atoms with Gasteiger partial charge in [-0.05, 0) is 52.3 Å². The lowest BCUT2D eigenvalue weighted by Crippen LogP contribution is -2.46. The molecule has 1 saturated heterocycles. The summed E-state index contributed by atoms with van der Waals surface area (Å²) < 4.78 is 5.90. The van der Waals surface area contributed by atoms with Gasteiger partial charge in [0.2, 0.25) is 17.7 Å². The zero-order chi connectivity index (χ0) is 17.8. The van der Waals surface area contributed by atoms with Gasteiger partial charge >= 0.3 is 0 Å². The molecule has 0 bridgehead atoms. The van der Waals surface area contributed by atoms with Crippen molar-refractivity contribution >= 4 is 5.91 Å². The lowest BCUT2D eigenvalue weighted by atomic mass is 10.1. The van der Waals surface area contributed by atoms with Crippen molar-refractivity contribution in [2.75, 3.05) is 19.6 Å². The number of amides is 1. The summed E-state index contributed by atoms with van der Waals surface area (Å²) in [4.78, 5) is 16.9. The van der Waals surface area contributed by atoms with E-state index in [-0.39, 0.29) is 18.0 Å². The molecule has 25 heavy (non-hydrogen) atoms.